The van der Waals surface area contributed by atoms with Gasteiger partial charge in [-0.15, -0.1) is 0 Å². The van der Waals surface area contributed by atoms with Gasteiger partial charge >= 0.3 is 19.8 Å². The largest absolute Gasteiger partial charge is 0.469 e. The zero-order chi connectivity index (χ0) is 40.3. The van der Waals surface area contributed by atoms with Gasteiger partial charge in [0.15, 0.2) is 6.10 Å². The van der Waals surface area contributed by atoms with Crippen molar-refractivity contribution in [2.75, 3.05) is 13.2 Å². The Morgan fingerprint density at radius 3 is 1.24 bits per heavy atom. The Bertz CT molecular complexity index is 946. The molecule has 0 bridgehead atoms. The fourth-order valence-electron chi connectivity index (χ4n) is 6.76. The molecule has 0 aliphatic heterocycles. The van der Waals surface area contributed by atoms with Gasteiger partial charge in [0, 0.05) is 12.8 Å². The molecule has 1 atom stereocenters. The Balaban J connectivity index is 3.84. The highest BCUT2D eigenvalue weighted by atomic mass is 31.2. The second kappa shape index (κ2) is 42.1. The number of esters is 2. The SMILES string of the molecule is CCCCC/C=C/C/C=C/CCCCCCCCCC(=O)OC[C@H](COP(=O)(O)O)OC(=O)CCCCCCCCCCCCCCCCCCCCCC. The molecule has 0 spiro atoms. The van der Waals surface area contributed by atoms with E-state index in [1.165, 1.54) is 148 Å². The third kappa shape index (κ3) is 45.1. The Morgan fingerprint density at radius 2 is 0.818 bits per heavy atom. The van der Waals surface area contributed by atoms with Crippen molar-refractivity contribution in [3.8, 4) is 0 Å². The minimum absolute atomic E-state index is 0.215. The molecule has 0 amide bonds. The maximum Gasteiger partial charge on any atom is 0.469 e. The van der Waals surface area contributed by atoms with Crippen LogP contribution in [-0.4, -0.2) is 41.0 Å². The summed E-state index contributed by atoms with van der Waals surface area (Å²) in [5.41, 5.74) is 0. The van der Waals surface area contributed by atoms with Crippen molar-refractivity contribution in [1.82, 2.24) is 0 Å². The molecule has 55 heavy (non-hydrogen) atoms. The van der Waals surface area contributed by atoms with Gasteiger partial charge in [0.1, 0.15) is 6.61 Å². The Labute approximate surface area is 339 Å². The van der Waals surface area contributed by atoms with Crippen molar-refractivity contribution in [3.05, 3.63) is 24.3 Å². The summed E-state index contributed by atoms with van der Waals surface area (Å²) in [6.45, 7) is 3.69. The van der Waals surface area contributed by atoms with E-state index in [1.807, 2.05) is 0 Å². The number of hydrogen-bond acceptors (Lipinski definition) is 6. The zero-order valence-corrected chi connectivity index (χ0v) is 36.7. The van der Waals surface area contributed by atoms with Crippen LogP contribution in [0.4, 0.5) is 0 Å². The summed E-state index contributed by atoms with van der Waals surface area (Å²) in [6, 6.07) is 0. The van der Waals surface area contributed by atoms with Gasteiger partial charge in [-0.2, -0.15) is 0 Å². The molecule has 0 aliphatic carbocycles. The molecule has 9 heteroatoms. The maximum absolute atomic E-state index is 12.4. The van der Waals surface area contributed by atoms with E-state index in [-0.39, 0.29) is 19.4 Å². The summed E-state index contributed by atoms with van der Waals surface area (Å²) in [7, 11) is -4.75. The van der Waals surface area contributed by atoms with Crippen molar-refractivity contribution in [1.29, 1.82) is 0 Å². The van der Waals surface area contributed by atoms with Crippen LogP contribution >= 0.6 is 7.82 Å². The van der Waals surface area contributed by atoms with Gasteiger partial charge in [0.25, 0.3) is 0 Å². The van der Waals surface area contributed by atoms with Gasteiger partial charge in [0.2, 0.25) is 0 Å². The molecule has 324 valence electrons. The average Bonchev–Trinajstić information content (AvgIpc) is 3.16. The van der Waals surface area contributed by atoms with E-state index in [0.717, 1.165) is 57.8 Å². The standard InChI is InChI=1S/C46H87O8P/c1-3-5-7-9-11-13-15-17-19-21-22-23-25-27-29-31-33-35-37-39-41-46(48)54-44(43-53-55(49,50)51)42-52-45(47)40-38-36-34-32-30-28-26-24-20-18-16-14-12-10-8-6-4-2/h12,14,18,20,44H,3-11,13,15-17,19,21-43H2,1-2H3,(H2,49,50,51)/b14-12+,20-18+/t44-/m1/s1. The number of phosphoric acid groups is 1. The number of carbonyl (C=O) groups excluding carboxylic acids is 2. The van der Waals surface area contributed by atoms with Gasteiger partial charge in [-0.05, 0) is 44.9 Å². The fraction of sp³-hybridized carbons (Fsp3) is 0.870. The zero-order valence-electron chi connectivity index (χ0n) is 35.8. The molecule has 0 heterocycles. The third-order valence-corrected chi connectivity index (χ3v) is 10.7. The normalized spacial score (nSPS) is 12.6. The molecule has 0 aromatic carbocycles. The average molecular weight is 799 g/mol. The first kappa shape index (κ1) is 53.5. The summed E-state index contributed by atoms with van der Waals surface area (Å²) in [4.78, 5) is 43.0. The van der Waals surface area contributed by atoms with Crippen molar-refractivity contribution in [3.63, 3.8) is 0 Å². The van der Waals surface area contributed by atoms with Gasteiger partial charge in [-0.3, -0.25) is 14.1 Å². The van der Waals surface area contributed by atoms with Crippen LogP contribution in [0.15, 0.2) is 24.3 Å². The van der Waals surface area contributed by atoms with E-state index in [0.29, 0.717) is 6.42 Å². The number of rotatable bonds is 43. The molecule has 0 aromatic rings. The minimum Gasteiger partial charge on any atom is -0.462 e. The van der Waals surface area contributed by atoms with E-state index in [9.17, 15) is 14.2 Å². The molecule has 0 aliphatic rings. The number of unbranched alkanes of at least 4 members (excludes halogenated alkanes) is 29. The number of hydrogen-bond donors (Lipinski definition) is 2. The van der Waals surface area contributed by atoms with Crippen molar-refractivity contribution in [2.45, 2.75) is 245 Å². The maximum atomic E-state index is 12.4. The second-order valence-corrected chi connectivity index (χ2v) is 17.0. The van der Waals surface area contributed by atoms with Crippen molar-refractivity contribution < 1.29 is 37.9 Å². The predicted molar refractivity (Wildman–Crippen MR) is 230 cm³/mol. The van der Waals surface area contributed by atoms with Crippen LogP contribution < -0.4 is 0 Å². The van der Waals surface area contributed by atoms with Crippen molar-refractivity contribution >= 4 is 19.8 Å². The Hall–Kier alpha value is -1.47. The van der Waals surface area contributed by atoms with Crippen LogP contribution in [-0.2, 0) is 28.2 Å². The Morgan fingerprint density at radius 1 is 0.473 bits per heavy atom. The number of allylic oxidation sites excluding steroid dienone is 4. The van der Waals surface area contributed by atoms with Crippen LogP contribution in [0.1, 0.15) is 239 Å². The lowest BCUT2D eigenvalue weighted by Gasteiger charge is -2.18. The fourth-order valence-corrected chi connectivity index (χ4v) is 7.12. The molecule has 0 aromatic heterocycles. The summed E-state index contributed by atoms with van der Waals surface area (Å²) in [5, 5.41) is 0. The van der Waals surface area contributed by atoms with E-state index >= 15 is 0 Å². The minimum atomic E-state index is -4.75. The predicted octanol–water partition coefficient (Wildman–Crippen LogP) is 14.4. The summed E-state index contributed by atoms with van der Waals surface area (Å²) in [5.74, 6) is -0.881. The topological polar surface area (TPSA) is 119 Å². The molecule has 0 saturated heterocycles. The van der Waals surface area contributed by atoms with E-state index in [1.54, 1.807) is 0 Å². The monoisotopic (exact) mass is 799 g/mol. The molecule has 0 unspecified atom stereocenters. The summed E-state index contributed by atoms with van der Waals surface area (Å²) >= 11 is 0. The highest BCUT2D eigenvalue weighted by Crippen LogP contribution is 2.36. The highest BCUT2D eigenvalue weighted by molar-refractivity contribution is 7.46. The molecular weight excluding hydrogens is 711 g/mol. The first-order chi connectivity index (χ1) is 26.8. The van der Waals surface area contributed by atoms with Gasteiger partial charge < -0.3 is 19.3 Å². The molecular formula is C46H87O8P. The second-order valence-electron chi connectivity index (χ2n) is 15.7. The van der Waals surface area contributed by atoms with Gasteiger partial charge in [0.05, 0.1) is 6.61 Å². The first-order valence-corrected chi connectivity index (χ1v) is 24.7. The van der Waals surface area contributed by atoms with Crippen LogP contribution in [0.5, 0.6) is 0 Å². The van der Waals surface area contributed by atoms with Crippen molar-refractivity contribution in [2.24, 2.45) is 0 Å². The molecule has 0 radical (unpaired) electrons. The van der Waals surface area contributed by atoms with Crippen LogP contribution in [0, 0.1) is 0 Å². The molecule has 8 nitrogen and oxygen atoms in total. The van der Waals surface area contributed by atoms with Crippen LogP contribution in [0.25, 0.3) is 0 Å². The lowest BCUT2D eigenvalue weighted by molar-refractivity contribution is -0.161. The quantitative estimate of drug-likeness (QED) is 0.0271. The third-order valence-electron chi connectivity index (χ3n) is 10.2. The number of phosphoric ester groups is 1. The lowest BCUT2D eigenvalue weighted by atomic mass is 10.0. The molecule has 0 rings (SSSR count). The van der Waals surface area contributed by atoms with E-state index < -0.39 is 32.5 Å². The lowest BCUT2D eigenvalue weighted by Crippen LogP contribution is -2.29. The number of carbonyl (C=O) groups is 2. The van der Waals surface area contributed by atoms with Crippen LogP contribution in [0.3, 0.4) is 0 Å². The summed E-state index contributed by atoms with van der Waals surface area (Å²) in [6.07, 6.45) is 49.0. The van der Waals surface area contributed by atoms with Crippen LogP contribution in [0.2, 0.25) is 0 Å². The van der Waals surface area contributed by atoms with E-state index in [4.69, 9.17) is 19.3 Å². The molecule has 0 fully saturated rings. The first-order valence-electron chi connectivity index (χ1n) is 23.1. The Kier molecular flexibility index (Phi) is 41.0. The highest BCUT2D eigenvalue weighted by Gasteiger charge is 2.23. The van der Waals surface area contributed by atoms with E-state index in [2.05, 4.69) is 42.7 Å². The molecule has 2 N–H and O–H groups in total. The number of ether oxygens (including phenoxy) is 2. The van der Waals surface area contributed by atoms with Gasteiger partial charge in [-0.25, -0.2) is 4.57 Å². The molecule has 0 saturated carbocycles. The smallest absolute Gasteiger partial charge is 0.462 e. The summed E-state index contributed by atoms with van der Waals surface area (Å²) < 4.78 is 26.5. The van der Waals surface area contributed by atoms with Gasteiger partial charge in [-0.1, -0.05) is 205 Å².